The van der Waals surface area contributed by atoms with Gasteiger partial charge in [-0.15, -0.1) is 0 Å². The maximum atomic E-state index is 5.31. The minimum Gasteiger partial charge on any atom is -0.496 e. The zero-order chi connectivity index (χ0) is 14.4. The minimum absolute atomic E-state index is 0.762. The molecule has 0 radical (unpaired) electrons. The average Bonchev–Trinajstić information content (AvgIpc) is 2.97. The molecule has 1 aromatic carbocycles. The summed E-state index contributed by atoms with van der Waals surface area (Å²) in [4.78, 5) is 0. The van der Waals surface area contributed by atoms with Crippen molar-refractivity contribution in [2.75, 3.05) is 20.2 Å². The number of rotatable bonds is 7. The van der Waals surface area contributed by atoms with Gasteiger partial charge in [-0.25, -0.2) is 0 Å². The molecule has 1 N–H and O–H groups in total. The summed E-state index contributed by atoms with van der Waals surface area (Å²) in [6.45, 7) is 4.40. The van der Waals surface area contributed by atoms with E-state index in [4.69, 9.17) is 4.74 Å². The lowest BCUT2D eigenvalue weighted by molar-refractivity contribution is 0.323. The lowest BCUT2D eigenvalue weighted by Gasteiger charge is -2.24. The van der Waals surface area contributed by atoms with Crippen molar-refractivity contribution in [3.05, 3.63) is 28.2 Å². The summed E-state index contributed by atoms with van der Waals surface area (Å²) >= 11 is 3.59. The first-order valence-electron chi connectivity index (χ1n) is 7.77. The predicted molar refractivity (Wildman–Crippen MR) is 88.4 cm³/mol. The number of nitrogens with one attached hydrogen (secondary N) is 1. The minimum atomic E-state index is 0.762. The molecule has 1 aliphatic rings. The SMILES string of the molecule is CCNCC(Cc1ccc(OC)c(Br)c1)C1CCCC1. The van der Waals surface area contributed by atoms with Gasteiger partial charge in [-0.1, -0.05) is 38.7 Å². The number of hydrogen-bond donors (Lipinski definition) is 1. The van der Waals surface area contributed by atoms with Crippen LogP contribution >= 0.6 is 15.9 Å². The van der Waals surface area contributed by atoms with Gasteiger partial charge in [0.1, 0.15) is 5.75 Å². The van der Waals surface area contributed by atoms with Gasteiger partial charge in [0, 0.05) is 0 Å². The van der Waals surface area contributed by atoms with Crippen LogP contribution in [0.3, 0.4) is 0 Å². The first kappa shape index (κ1) is 15.8. The standard InChI is InChI=1S/C17H26BrNO/c1-3-19-12-15(14-6-4-5-7-14)10-13-8-9-17(20-2)16(18)11-13/h8-9,11,14-15,19H,3-7,10,12H2,1-2H3. The van der Waals surface area contributed by atoms with Crippen LogP contribution in [0.2, 0.25) is 0 Å². The van der Waals surface area contributed by atoms with Crippen molar-refractivity contribution < 1.29 is 4.74 Å². The van der Waals surface area contributed by atoms with Gasteiger partial charge in [0.2, 0.25) is 0 Å². The van der Waals surface area contributed by atoms with Crippen LogP contribution in [0.4, 0.5) is 0 Å². The number of methoxy groups -OCH3 is 1. The lowest BCUT2D eigenvalue weighted by atomic mass is 9.85. The third kappa shape index (κ3) is 4.23. The van der Waals surface area contributed by atoms with Crippen LogP contribution < -0.4 is 10.1 Å². The molecule has 0 bridgehead atoms. The largest absolute Gasteiger partial charge is 0.496 e. The molecule has 0 amide bonds. The molecule has 1 aliphatic carbocycles. The van der Waals surface area contributed by atoms with E-state index in [1.807, 2.05) is 0 Å². The Bertz CT molecular complexity index is 415. The average molecular weight is 340 g/mol. The smallest absolute Gasteiger partial charge is 0.133 e. The molecule has 112 valence electrons. The summed E-state index contributed by atoms with van der Waals surface area (Å²) in [5, 5.41) is 3.55. The Labute approximate surface area is 131 Å². The molecule has 0 heterocycles. The van der Waals surface area contributed by atoms with Crippen molar-refractivity contribution in [3.63, 3.8) is 0 Å². The van der Waals surface area contributed by atoms with E-state index >= 15 is 0 Å². The first-order valence-corrected chi connectivity index (χ1v) is 8.57. The summed E-state index contributed by atoms with van der Waals surface area (Å²) in [5.41, 5.74) is 1.41. The molecule has 0 spiro atoms. The lowest BCUT2D eigenvalue weighted by Crippen LogP contribution is -2.28. The van der Waals surface area contributed by atoms with E-state index in [2.05, 4.69) is 46.4 Å². The molecule has 20 heavy (non-hydrogen) atoms. The van der Waals surface area contributed by atoms with E-state index in [9.17, 15) is 0 Å². The van der Waals surface area contributed by atoms with Gasteiger partial charge >= 0.3 is 0 Å². The van der Waals surface area contributed by atoms with Crippen LogP contribution in [-0.2, 0) is 6.42 Å². The summed E-state index contributed by atoms with van der Waals surface area (Å²) < 4.78 is 6.37. The summed E-state index contributed by atoms with van der Waals surface area (Å²) in [5.74, 6) is 2.57. The molecule has 2 rings (SSSR count). The van der Waals surface area contributed by atoms with E-state index in [1.165, 1.54) is 37.7 Å². The van der Waals surface area contributed by atoms with E-state index in [-0.39, 0.29) is 0 Å². The van der Waals surface area contributed by atoms with Gasteiger partial charge in [0.05, 0.1) is 11.6 Å². The van der Waals surface area contributed by atoms with Crippen LogP contribution in [-0.4, -0.2) is 20.2 Å². The van der Waals surface area contributed by atoms with Crippen LogP contribution in [0.1, 0.15) is 38.2 Å². The number of halogens is 1. The maximum absolute atomic E-state index is 5.31. The normalized spacial score (nSPS) is 17.4. The number of ether oxygens (including phenoxy) is 1. The molecule has 3 heteroatoms. The van der Waals surface area contributed by atoms with Crippen molar-refractivity contribution in [3.8, 4) is 5.75 Å². The zero-order valence-electron chi connectivity index (χ0n) is 12.6. The molecule has 1 saturated carbocycles. The molecule has 1 atom stereocenters. The molecular formula is C17H26BrNO. The summed E-state index contributed by atoms with van der Waals surface area (Å²) in [6.07, 6.45) is 6.82. The van der Waals surface area contributed by atoms with Gasteiger partial charge < -0.3 is 10.1 Å². The molecular weight excluding hydrogens is 314 g/mol. The fourth-order valence-corrected chi connectivity index (χ4v) is 3.89. The highest BCUT2D eigenvalue weighted by atomic mass is 79.9. The van der Waals surface area contributed by atoms with Crippen molar-refractivity contribution in [1.29, 1.82) is 0 Å². The van der Waals surface area contributed by atoms with Crippen molar-refractivity contribution in [2.45, 2.75) is 39.0 Å². The van der Waals surface area contributed by atoms with Gasteiger partial charge in [-0.3, -0.25) is 0 Å². The Balaban J connectivity index is 2.04. The quantitative estimate of drug-likeness (QED) is 0.794. The Morgan fingerprint density at radius 2 is 2.10 bits per heavy atom. The second-order valence-electron chi connectivity index (χ2n) is 5.79. The molecule has 2 nitrogen and oxygen atoms in total. The molecule has 0 aliphatic heterocycles. The third-order valence-electron chi connectivity index (χ3n) is 4.44. The Hall–Kier alpha value is -0.540. The second-order valence-corrected chi connectivity index (χ2v) is 6.64. The van der Waals surface area contributed by atoms with Crippen LogP contribution in [0.15, 0.2) is 22.7 Å². The third-order valence-corrected chi connectivity index (χ3v) is 5.06. The van der Waals surface area contributed by atoms with Crippen molar-refractivity contribution in [1.82, 2.24) is 5.32 Å². The van der Waals surface area contributed by atoms with E-state index in [1.54, 1.807) is 7.11 Å². The highest BCUT2D eigenvalue weighted by Crippen LogP contribution is 2.34. The highest BCUT2D eigenvalue weighted by Gasteiger charge is 2.24. The molecule has 1 aromatic rings. The van der Waals surface area contributed by atoms with Gasteiger partial charge in [0.25, 0.3) is 0 Å². The van der Waals surface area contributed by atoms with E-state index in [0.29, 0.717) is 0 Å². The Kier molecular flexibility index (Phi) is 6.37. The number of benzene rings is 1. The van der Waals surface area contributed by atoms with Crippen LogP contribution in [0.25, 0.3) is 0 Å². The van der Waals surface area contributed by atoms with Crippen molar-refractivity contribution in [2.24, 2.45) is 11.8 Å². The van der Waals surface area contributed by atoms with Crippen LogP contribution in [0.5, 0.6) is 5.75 Å². The van der Waals surface area contributed by atoms with Crippen molar-refractivity contribution >= 4 is 15.9 Å². The first-order chi connectivity index (χ1) is 9.74. The molecule has 1 unspecified atom stereocenters. The molecule has 1 fully saturated rings. The van der Waals surface area contributed by atoms with Gasteiger partial charge in [0.15, 0.2) is 0 Å². The second kappa shape index (κ2) is 8.04. The predicted octanol–water partition coefficient (Wildman–Crippen LogP) is 4.42. The van der Waals surface area contributed by atoms with Crippen LogP contribution in [0, 0.1) is 11.8 Å². The molecule has 0 aromatic heterocycles. The van der Waals surface area contributed by atoms with Gasteiger partial charge in [-0.05, 0) is 65.0 Å². The fourth-order valence-electron chi connectivity index (χ4n) is 3.30. The van der Waals surface area contributed by atoms with Gasteiger partial charge in [-0.2, -0.15) is 0 Å². The summed E-state index contributed by atoms with van der Waals surface area (Å²) in [6, 6.07) is 6.49. The molecule has 0 saturated heterocycles. The number of hydrogen-bond acceptors (Lipinski definition) is 2. The highest BCUT2D eigenvalue weighted by molar-refractivity contribution is 9.10. The zero-order valence-corrected chi connectivity index (χ0v) is 14.2. The topological polar surface area (TPSA) is 21.3 Å². The van der Waals surface area contributed by atoms with E-state index < -0.39 is 0 Å². The fraction of sp³-hybridized carbons (Fsp3) is 0.647. The summed E-state index contributed by atoms with van der Waals surface area (Å²) in [7, 11) is 1.71. The Morgan fingerprint density at radius 1 is 1.35 bits per heavy atom. The Morgan fingerprint density at radius 3 is 2.70 bits per heavy atom. The van der Waals surface area contributed by atoms with E-state index in [0.717, 1.165) is 35.1 Å². The maximum Gasteiger partial charge on any atom is 0.133 e. The monoisotopic (exact) mass is 339 g/mol.